The summed E-state index contributed by atoms with van der Waals surface area (Å²) in [7, 11) is 1.88. The molecule has 0 spiro atoms. The SMILES string of the molecule is CCCc1nc(NC)c(C)c(N2CCC(C(N)=O)CC2)n1. The maximum absolute atomic E-state index is 11.3. The molecule has 0 bridgehead atoms. The molecule has 1 aliphatic heterocycles. The monoisotopic (exact) mass is 291 g/mol. The zero-order valence-electron chi connectivity index (χ0n) is 13.1. The first kappa shape index (κ1) is 15.5. The number of carbonyl (C=O) groups excluding carboxylic acids is 1. The Morgan fingerprint density at radius 3 is 2.57 bits per heavy atom. The molecule has 0 unspecified atom stereocenters. The van der Waals surface area contributed by atoms with Crippen molar-refractivity contribution in [2.75, 3.05) is 30.4 Å². The lowest BCUT2D eigenvalue weighted by atomic mass is 9.96. The highest BCUT2D eigenvalue weighted by Crippen LogP contribution is 2.27. The van der Waals surface area contributed by atoms with E-state index in [9.17, 15) is 4.79 Å². The zero-order chi connectivity index (χ0) is 15.4. The Labute approximate surface area is 126 Å². The third-order valence-electron chi connectivity index (χ3n) is 4.07. The quantitative estimate of drug-likeness (QED) is 0.858. The van der Waals surface area contributed by atoms with Gasteiger partial charge in [0.1, 0.15) is 17.5 Å². The lowest BCUT2D eigenvalue weighted by Gasteiger charge is -2.32. The van der Waals surface area contributed by atoms with Crippen molar-refractivity contribution in [2.24, 2.45) is 11.7 Å². The van der Waals surface area contributed by atoms with Gasteiger partial charge in [0.2, 0.25) is 5.91 Å². The molecule has 1 amide bonds. The maximum atomic E-state index is 11.3. The van der Waals surface area contributed by atoms with E-state index in [1.54, 1.807) is 0 Å². The van der Waals surface area contributed by atoms with Crippen molar-refractivity contribution in [3.8, 4) is 0 Å². The van der Waals surface area contributed by atoms with Gasteiger partial charge in [0.05, 0.1) is 0 Å². The first-order valence-electron chi connectivity index (χ1n) is 7.66. The van der Waals surface area contributed by atoms with Crippen molar-refractivity contribution in [3.05, 3.63) is 11.4 Å². The average Bonchev–Trinajstić information content (AvgIpc) is 2.49. The summed E-state index contributed by atoms with van der Waals surface area (Å²) in [6.07, 6.45) is 3.50. The number of anilines is 2. The van der Waals surface area contributed by atoms with Crippen molar-refractivity contribution in [2.45, 2.75) is 39.5 Å². The van der Waals surface area contributed by atoms with Gasteiger partial charge in [-0.15, -0.1) is 0 Å². The summed E-state index contributed by atoms with van der Waals surface area (Å²) in [5.74, 6) is 2.57. The average molecular weight is 291 g/mol. The van der Waals surface area contributed by atoms with Crippen molar-refractivity contribution < 1.29 is 4.79 Å². The van der Waals surface area contributed by atoms with Crippen molar-refractivity contribution in [1.82, 2.24) is 9.97 Å². The van der Waals surface area contributed by atoms with Crippen LogP contribution in [0.3, 0.4) is 0 Å². The van der Waals surface area contributed by atoms with E-state index in [1.807, 2.05) is 14.0 Å². The minimum atomic E-state index is -0.184. The van der Waals surface area contributed by atoms with Gasteiger partial charge in [-0.05, 0) is 26.2 Å². The summed E-state index contributed by atoms with van der Waals surface area (Å²) in [5, 5.41) is 3.15. The Morgan fingerprint density at radius 2 is 2.05 bits per heavy atom. The molecule has 6 nitrogen and oxygen atoms in total. The van der Waals surface area contributed by atoms with Crippen LogP contribution in [0.1, 0.15) is 37.6 Å². The number of aryl methyl sites for hydroxylation is 1. The van der Waals surface area contributed by atoms with E-state index in [0.29, 0.717) is 0 Å². The summed E-state index contributed by atoms with van der Waals surface area (Å²) < 4.78 is 0. The van der Waals surface area contributed by atoms with Gasteiger partial charge in [-0.2, -0.15) is 0 Å². The third-order valence-corrected chi connectivity index (χ3v) is 4.07. The molecule has 21 heavy (non-hydrogen) atoms. The van der Waals surface area contributed by atoms with Gasteiger partial charge in [0.25, 0.3) is 0 Å². The lowest BCUT2D eigenvalue weighted by Crippen LogP contribution is -2.39. The number of nitrogens with two attached hydrogens (primary N) is 1. The van der Waals surface area contributed by atoms with E-state index in [-0.39, 0.29) is 11.8 Å². The van der Waals surface area contributed by atoms with E-state index >= 15 is 0 Å². The Bertz CT molecular complexity index is 509. The molecule has 1 fully saturated rings. The summed E-state index contributed by atoms with van der Waals surface area (Å²) in [6, 6.07) is 0. The second-order valence-electron chi connectivity index (χ2n) is 5.60. The van der Waals surface area contributed by atoms with Crippen LogP contribution in [0.15, 0.2) is 0 Å². The Kier molecular flexibility index (Phi) is 4.98. The number of nitrogens with one attached hydrogen (secondary N) is 1. The zero-order valence-corrected chi connectivity index (χ0v) is 13.1. The number of rotatable bonds is 5. The predicted octanol–water partition coefficient (Wildman–Crippen LogP) is 1.48. The van der Waals surface area contributed by atoms with Gasteiger partial charge in [-0.25, -0.2) is 9.97 Å². The van der Waals surface area contributed by atoms with Gasteiger partial charge in [-0.1, -0.05) is 6.92 Å². The largest absolute Gasteiger partial charge is 0.373 e. The van der Waals surface area contributed by atoms with Gasteiger partial charge < -0.3 is 16.0 Å². The highest BCUT2D eigenvalue weighted by atomic mass is 16.1. The van der Waals surface area contributed by atoms with Crippen LogP contribution in [0.4, 0.5) is 11.6 Å². The molecule has 0 saturated carbocycles. The fourth-order valence-electron chi connectivity index (χ4n) is 2.81. The topological polar surface area (TPSA) is 84.1 Å². The minimum Gasteiger partial charge on any atom is -0.373 e. The molecule has 0 aromatic carbocycles. The van der Waals surface area contributed by atoms with Crippen LogP contribution in [0.25, 0.3) is 0 Å². The molecule has 2 rings (SSSR count). The summed E-state index contributed by atoms with van der Waals surface area (Å²) in [5.41, 5.74) is 6.46. The normalized spacial score (nSPS) is 16.0. The molecule has 1 saturated heterocycles. The van der Waals surface area contributed by atoms with Crippen LogP contribution in [-0.4, -0.2) is 36.0 Å². The molecule has 3 N–H and O–H groups in total. The molecular weight excluding hydrogens is 266 g/mol. The molecule has 116 valence electrons. The highest BCUT2D eigenvalue weighted by Gasteiger charge is 2.25. The smallest absolute Gasteiger partial charge is 0.220 e. The third kappa shape index (κ3) is 3.43. The molecule has 0 atom stereocenters. The van der Waals surface area contributed by atoms with Crippen molar-refractivity contribution >= 4 is 17.5 Å². The highest BCUT2D eigenvalue weighted by molar-refractivity contribution is 5.77. The summed E-state index contributed by atoms with van der Waals surface area (Å²) in [6.45, 7) is 5.80. The number of piperidine rings is 1. The fraction of sp³-hybridized carbons (Fsp3) is 0.667. The lowest BCUT2D eigenvalue weighted by molar-refractivity contribution is -0.122. The Hall–Kier alpha value is -1.85. The number of aromatic nitrogens is 2. The van der Waals surface area contributed by atoms with Gasteiger partial charge in [-0.3, -0.25) is 4.79 Å². The van der Waals surface area contributed by atoms with Crippen LogP contribution >= 0.6 is 0 Å². The van der Waals surface area contributed by atoms with E-state index in [2.05, 4.69) is 22.1 Å². The maximum Gasteiger partial charge on any atom is 0.220 e. The Morgan fingerprint density at radius 1 is 1.38 bits per heavy atom. The number of nitrogens with zero attached hydrogens (tertiary/aromatic N) is 3. The van der Waals surface area contributed by atoms with E-state index in [4.69, 9.17) is 10.7 Å². The standard InChI is InChI=1S/C15H25N5O/c1-4-5-12-18-14(17-3)10(2)15(19-12)20-8-6-11(7-9-20)13(16)21/h11H,4-9H2,1-3H3,(H2,16,21)(H,17,18,19). The molecule has 1 aromatic heterocycles. The summed E-state index contributed by atoms with van der Waals surface area (Å²) in [4.78, 5) is 22.8. The number of amides is 1. The minimum absolute atomic E-state index is 0.00211. The van der Waals surface area contributed by atoms with E-state index in [1.165, 1.54) is 0 Å². The van der Waals surface area contributed by atoms with Crippen molar-refractivity contribution in [1.29, 1.82) is 0 Å². The van der Waals surface area contributed by atoms with Crippen LogP contribution in [0.2, 0.25) is 0 Å². The van der Waals surface area contributed by atoms with Crippen LogP contribution in [-0.2, 0) is 11.2 Å². The predicted molar refractivity (Wildman–Crippen MR) is 84.4 cm³/mol. The molecule has 2 heterocycles. The van der Waals surface area contributed by atoms with Crippen molar-refractivity contribution in [3.63, 3.8) is 0 Å². The molecule has 0 radical (unpaired) electrons. The van der Waals surface area contributed by atoms with Crippen LogP contribution in [0.5, 0.6) is 0 Å². The second kappa shape index (κ2) is 6.74. The van der Waals surface area contributed by atoms with Crippen LogP contribution < -0.4 is 16.0 Å². The molecule has 1 aliphatic rings. The number of primary amides is 1. The number of hydrogen-bond donors (Lipinski definition) is 2. The summed E-state index contributed by atoms with van der Waals surface area (Å²) >= 11 is 0. The number of hydrogen-bond acceptors (Lipinski definition) is 5. The van der Waals surface area contributed by atoms with Gasteiger partial charge in [0, 0.05) is 38.0 Å². The Balaban J connectivity index is 2.22. The van der Waals surface area contributed by atoms with E-state index < -0.39 is 0 Å². The van der Waals surface area contributed by atoms with Crippen LogP contribution in [0, 0.1) is 12.8 Å². The molecule has 1 aromatic rings. The second-order valence-corrected chi connectivity index (χ2v) is 5.60. The van der Waals surface area contributed by atoms with Gasteiger partial charge >= 0.3 is 0 Å². The van der Waals surface area contributed by atoms with E-state index in [0.717, 1.165) is 61.8 Å². The van der Waals surface area contributed by atoms with Gasteiger partial charge in [0.15, 0.2) is 0 Å². The fourth-order valence-corrected chi connectivity index (χ4v) is 2.81. The molecule has 0 aliphatic carbocycles. The first-order chi connectivity index (χ1) is 10.1. The molecular formula is C15H25N5O. The molecule has 6 heteroatoms. The first-order valence-corrected chi connectivity index (χ1v) is 7.66. The number of carbonyl (C=O) groups is 1.